The summed E-state index contributed by atoms with van der Waals surface area (Å²) in [4.78, 5) is 23.5. The summed E-state index contributed by atoms with van der Waals surface area (Å²) in [6.07, 6.45) is -4.25. The van der Waals surface area contributed by atoms with Crippen LogP contribution >= 0.6 is 0 Å². The van der Waals surface area contributed by atoms with Crippen molar-refractivity contribution >= 4 is 11.9 Å². The molecule has 0 aliphatic carbocycles. The van der Waals surface area contributed by atoms with Crippen molar-refractivity contribution in [3.8, 4) is 0 Å². The number of ether oxygens (including phenoxy) is 2. The molecule has 0 aliphatic heterocycles. The molecule has 0 amide bonds. The van der Waals surface area contributed by atoms with E-state index in [9.17, 15) is 22.8 Å². The summed E-state index contributed by atoms with van der Waals surface area (Å²) < 4.78 is 47.0. The van der Waals surface area contributed by atoms with Gasteiger partial charge in [-0.15, -0.1) is 0 Å². The van der Waals surface area contributed by atoms with Gasteiger partial charge < -0.3 is 9.47 Å². The summed E-state index contributed by atoms with van der Waals surface area (Å²) in [7, 11) is 0. The van der Waals surface area contributed by atoms with Gasteiger partial charge in [0.1, 0.15) is 5.60 Å². The van der Waals surface area contributed by atoms with Gasteiger partial charge in [-0.2, -0.15) is 13.2 Å². The largest absolute Gasteiger partial charge is 0.459 e. The minimum absolute atomic E-state index is 0.136. The Morgan fingerprint density at radius 2 is 1.58 bits per heavy atom. The SMILES string of the molecule is CCC(C)C(=O)OC(CC)(CC)CCCC(=O)OC(C)C(F)(F)F. The highest BCUT2D eigenvalue weighted by molar-refractivity contribution is 5.72. The predicted octanol–water partition coefficient (Wildman–Crippen LogP) is 4.80. The van der Waals surface area contributed by atoms with Gasteiger partial charge in [0.05, 0.1) is 5.92 Å². The molecule has 0 aromatic heterocycles. The maximum atomic E-state index is 12.3. The molecule has 24 heavy (non-hydrogen) atoms. The lowest BCUT2D eigenvalue weighted by Crippen LogP contribution is -2.36. The fourth-order valence-electron chi connectivity index (χ4n) is 2.16. The summed E-state index contributed by atoms with van der Waals surface area (Å²) >= 11 is 0. The minimum atomic E-state index is -4.56. The zero-order valence-corrected chi connectivity index (χ0v) is 15.2. The Morgan fingerprint density at radius 1 is 1.04 bits per heavy atom. The van der Waals surface area contributed by atoms with E-state index < -0.39 is 23.9 Å². The number of carbonyl (C=O) groups is 2. The molecule has 142 valence electrons. The molecule has 7 heteroatoms. The predicted molar refractivity (Wildman–Crippen MR) is 84.3 cm³/mol. The number of carbonyl (C=O) groups excluding carboxylic acids is 2. The van der Waals surface area contributed by atoms with Gasteiger partial charge in [0.15, 0.2) is 6.10 Å². The van der Waals surface area contributed by atoms with Crippen LogP contribution in [0, 0.1) is 5.92 Å². The van der Waals surface area contributed by atoms with E-state index in [0.29, 0.717) is 32.1 Å². The molecular formula is C17H29F3O4. The summed E-state index contributed by atoms with van der Waals surface area (Å²) in [5, 5.41) is 0. The number of esters is 2. The maximum absolute atomic E-state index is 12.3. The van der Waals surface area contributed by atoms with E-state index in [4.69, 9.17) is 4.74 Å². The Balaban J connectivity index is 4.54. The van der Waals surface area contributed by atoms with Crippen molar-refractivity contribution in [3.63, 3.8) is 0 Å². The number of hydrogen-bond acceptors (Lipinski definition) is 4. The van der Waals surface area contributed by atoms with E-state index in [1.807, 2.05) is 20.8 Å². The van der Waals surface area contributed by atoms with Crippen molar-refractivity contribution in [2.24, 2.45) is 5.92 Å². The topological polar surface area (TPSA) is 52.6 Å². The van der Waals surface area contributed by atoms with Crippen LogP contribution in [0.5, 0.6) is 0 Å². The van der Waals surface area contributed by atoms with Gasteiger partial charge in [-0.1, -0.05) is 27.7 Å². The first-order valence-corrected chi connectivity index (χ1v) is 8.50. The van der Waals surface area contributed by atoms with Crippen LogP contribution in [-0.4, -0.2) is 29.8 Å². The van der Waals surface area contributed by atoms with E-state index in [0.717, 1.165) is 6.92 Å². The maximum Gasteiger partial charge on any atom is 0.425 e. The first kappa shape index (κ1) is 22.7. The summed E-state index contributed by atoms with van der Waals surface area (Å²) in [5.74, 6) is -1.39. The molecule has 0 N–H and O–H groups in total. The second-order valence-corrected chi connectivity index (χ2v) is 6.15. The van der Waals surface area contributed by atoms with Gasteiger partial charge >= 0.3 is 18.1 Å². The molecule has 0 radical (unpaired) electrons. The summed E-state index contributed by atoms with van der Waals surface area (Å²) in [6, 6.07) is 0. The Labute approximate surface area is 142 Å². The molecule has 0 aliphatic rings. The zero-order chi connectivity index (χ0) is 19.0. The van der Waals surface area contributed by atoms with Crippen LogP contribution in [0.1, 0.15) is 73.1 Å². The lowest BCUT2D eigenvalue weighted by atomic mass is 9.90. The molecule has 0 rings (SSSR count). The molecule has 0 fully saturated rings. The molecule has 0 saturated heterocycles. The summed E-state index contributed by atoms with van der Waals surface area (Å²) in [5.41, 5.74) is -0.684. The normalized spacial score (nSPS) is 14.8. The molecule has 0 spiro atoms. The molecule has 0 saturated carbocycles. The van der Waals surface area contributed by atoms with Crippen LogP contribution in [0.4, 0.5) is 13.2 Å². The second-order valence-electron chi connectivity index (χ2n) is 6.15. The fourth-order valence-corrected chi connectivity index (χ4v) is 2.16. The van der Waals surface area contributed by atoms with Crippen molar-refractivity contribution in [1.82, 2.24) is 0 Å². The van der Waals surface area contributed by atoms with Crippen LogP contribution in [0.3, 0.4) is 0 Å². The van der Waals surface area contributed by atoms with Crippen LogP contribution in [0.25, 0.3) is 0 Å². The van der Waals surface area contributed by atoms with Crippen molar-refractivity contribution in [2.75, 3.05) is 0 Å². The smallest absolute Gasteiger partial charge is 0.425 e. The van der Waals surface area contributed by atoms with Gasteiger partial charge in [0.2, 0.25) is 0 Å². The van der Waals surface area contributed by atoms with Crippen molar-refractivity contribution in [1.29, 1.82) is 0 Å². The van der Waals surface area contributed by atoms with Gasteiger partial charge in [-0.3, -0.25) is 9.59 Å². The Morgan fingerprint density at radius 3 is 2.00 bits per heavy atom. The molecule has 0 aromatic carbocycles. The molecule has 2 atom stereocenters. The van der Waals surface area contributed by atoms with E-state index in [-0.39, 0.29) is 18.3 Å². The highest BCUT2D eigenvalue weighted by atomic mass is 19.4. The Kier molecular flexibility index (Phi) is 9.37. The monoisotopic (exact) mass is 354 g/mol. The lowest BCUT2D eigenvalue weighted by Gasteiger charge is -2.32. The fraction of sp³-hybridized carbons (Fsp3) is 0.882. The van der Waals surface area contributed by atoms with Crippen molar-refractivity contribution in [2.45, 2.75) is 91.0 Å². The van der Waals surface area contributed by atoms with Gasteiger partial charge in [0.25, 0.3) is 0 Å². The van der Waals surface area contributed by atoms with Crippen molar-refractivity contribution in [3.05, 3.63) is 0 Å². The van der Waals surface area contributed by atoms with E-state index in [1.165, 1.54) is 0 Å². The Bertz CT molecular complexity index is 403. The standard InChI is InChI=1S/C17H29F3O4/c1-6-12(4)15(22)24-16(7-2,8-3)11-9-10-14(21)23-13(5)17(18,19)20/h12-13H,6-11H2,1-5H3. The minimum Gasteiger partial charge on any atom is -0.459 e. The third-order valence-corrected chi connectivity index (χ3v) is 4.40. The average Bonchev–Trinajstić information content (AvgIpc) is 2.51. The molecular weight excluding hydrogens is 325 g/mol. The van der Waals surface area contributed by atoms with Gasteiger partial charge in [-0.05, 0) is 39.0 Å². The number of rotatable bonds is 10. The van der Waals surface area contributed by atoms with Crippen LogP contribution in [0.15, 0.2) is 0 Å². The van der Waals surface area contributed by atoms with Gasteiger partial charge in [-0.25, -0.2) is 0 Å². The lowest BCUT2D eigenvalue weighted by molar-refractivity contribution is -0.216. The van der Waals surface area contributed by atoms with Crippen molar-refractivity contribution < 1.29 is 32.2 Å². The van der Waals surface area contributed by atoms with Gasteiger partial charge in [0, 0.05) is 6.42 Å². The second kappa shape index (κ2) is 9.89. The van der Waals surface area contributed by atoms with E-state index in [2.05, 4.69) is 4.74 Å². The molecule has 0 bridgehead atoms. The third kappa shape index (κ3) is 7.53. The highest BCUT2D eigenvalue weighted by Crippen LogP contribution is 2.29. The van der Waals surface area contributed by atoms with E-state index >= 15 is 0 Å². The van der Waals surface area contributed by atoms with E-state index in [1.54, 1.807) is 6.92 Å². The highest BCUT2D eigenvalue weighted by Gasteiger charge is 2.39. The quantitative estimate of drug-likeness (QED) is 0.529. The number of alkyl halides is 3. The van der Waals surface area contributed by atoms with Crippen LogP contribution in [0.2, 0.25) is 0 Å². The molecule has 0 aromatic rings. The first-order valence-electron chi connectivity index (χ1n) is 8.50. The molecule has 0 heterocycles. The average molecular weight is 354 g/mol. The van der Waals surface area contributed by atoms with Crippen LogP contribution in [-0.2, 0) is 19.1 Å². The van der Waals surface area contributed by atoms with Crippen LogP contribution < -0.4 is 0 Å². The summed E-state index contributed by atoms with van der Waals surface area (Å²) in [6.45, 7) is 8.25. The molecule has 4 nitrogen and oxygen atoms in total. The molecule has 2 unspecified atom stereocenters. The Hall–Kier alpha value is -1.27. The number of hydrogen-bond donors (Lipinski definition) is 0. The third-order valence-electron chi connectivity index (χ3n) is 4.40. The number of halogens is 3. The zero-order valence-electron chi connectivity index (χ0n) is 15.2. The first-order chi connectivity index (χ1) is 11.0.